The van der Waals surface area contributed by atoms with E-state index in [0.717, 1.165) is 16.9 Å². The Balaban J connectivity index is 2.28. The fraction of sp³-hybridized carbons (Fsp3) is 0.0667. The molecule has 108 valence electrons. The summed E-state index contributed by atoms with van der Waals surface area (Å²) in [5.74, 6) is -1.45. The average Bonchev–Trinajstić information content (AvgIpc) is 2.40. The van der Waals surface area contributed by atoms with E-state index in [-0.39, 0.29) is 5.56 Å². The molecule has 21 heavy (non-hydrogen) atoms. The van der Waals surface area contributed by atoms with Gasteiger partial charge in [0, 0.05) is 15.7 Å². The number of nitrogens with two attached hydrogens (primary N) is 1. The topological polar surface area (TPSA) is 92.4 Å². The first-order chi connectivity index (χ1) is 9.88. The number of halogens is 1. The van der Waals surface area contributed by atoms with E-state index in [9.17, 15) is 9.59 Å². The van der Waals surface area contributed by atoms with Crippen LogP contribution in [0.15, 0.2) is 40.9 Å². The lowest BCUT2D eigenvalue weighted by Gasteiger charge is -2.11. The van der Waals surface area contributed by atoms with E-state index < -0.39 is 11.9 Å². The van der Waals surface area contributed by atoms with Crippen molar-refractivity contribution in [2.45, 2.75) is 6.92 Å². The SMILES string of the molecule is Cc1cc(Nc2ccc(C(=O)O)cc2Br)ccc1C(N)=O. The molecule has 0 heterocycles. The predicted molar refractivity (Wildman–Crippen MR) is 84.1 cm³/mol. The normalized spacial score (nSPS) is 10.2. The third-order valence-corrected chi connectivity index (χ3v) is 3.64. The lowest BCUT2D eigenvalue weighted by Crippen LogP contribution is -2.12. The van der Waals surface area contributed by atoms with Gasteiger partial charge in [-0.05, 0) is 64.8 Å². The highest BCUT2D eigenvalue weighted by atomic mass is 79.9. The molecule has 0 unspecified atom stereocenters. The molecule has 0 fully saturated rings. The highest BCUT2D eigenvalue weighted by molar-refractivity contribution is 9.10. The summed E-state index contributed by atoms with van der Waals surface area (Å²) < 4.78 is 0.638. The number of aryl methyl sites for hydroxylation is 1. The summed E-state index contributed by atoms with van der Waals surface area (Å²) in [7, 11) is 0. The van der Waals surface area contributed by atoms with Crippen molar-refractivity contribution in [2.24, 2.45) is 5.73 Å². The van der Waals surface area contributed by atoms with Gasteiger partial charge >= 0.3 is 5.97 Å². The standard InChI is InChI=1S/C15H13BrN2O3/c1-8-6-10(3-4-11(8)14(17)19)18-13-5-2-9(15(20)21)7-12(13)16/h2-7,18H,1H3,(H2,17,19)(H,20,21). The van der Waals surface area contributed by atoms with Crippen molar-refractivity contribution in [1.29, 1.82) is 0 Å². The molecule has 0 bridgehead atoms. The van der Waals surface area contributed by atoms with Crippen LogP contribution in [0.3, 0.4) is 0 Å². The molecule has 5 nitrogen and oxygen atoms in total. The van der Waals surface area contributed by atoms with E-state index in [1.165, 1.54) is 12.1 Å². The number of carbonyl (C=O) groups excluding carboxylic acids is 1. The first-order valence-electron chi connectivity index (χ1n) is 6.09. The number of rotatable bonds is 4. The Bertz CT molecular complexity index is 729. The van der Waals surface area contributed by atoms with E-state index in [2.05, 4.69) is 21.2 Å². The Labute approximate surface area is 129 Å². The van der Waals surface area contributed by atoms with Crippen LogP contribution in [0.1, 0.15) is 26.3 Å². The largest absolute Gasteiger partial charge is 0.478 e. The van der Waals surface area contributed by atoms with E-state index in [4.69, 9.17) is 10.8 Å². The molecule has 0 aliphatic heterocycles. The second-order valence-corrected chi connectivity index (χ2v) is 5.37. The number of hydrogen-bond donors (Lipinski definition) is 3. The fourth-order valence-electron chi connectivity index (χ4n) is 1.92. The minimum Gasteiger partial charge on any atom is -0.478 e. The number of amides is 1. The van der Waals surface area contributed by atoms with E-state index in [1.54, 1.807) is 31.2 Å². The molecule has 6 heteroatoms. The van der Waals surface area contributed by atoms with Gasteiger partial charge in [-0.25, -0.2) is 4.79 Å². The van der Waals surface area contributed by atoms with E-state index in [1.807, 2.05) is 0 Å². The van der Waals surface area contributed by atoms with Gasteiger partial charge in [-0.1, -0.05) is 0 Å². The lowest BCUT2D eigenvalue weighted by atomic mass is 10.1. The molecular formula is C15H13BrN2O3. The zero-order valence-electron chi connectivity index (χ0n) is 11.2. The van der Waals surface area contributed by atoms with Crippen LogP contribution < -0.4 is 11.1 Å². The third-order valence-electron chi connectivity index (χ3n) is 2.99. The van der Waals surface area contributed by atoms with Crippen LogP contribution in [0.5, 0.6) is 0 Å². The summed E-state index contributed by atoms with van der Waals surface area (Å²) >= 11 is 3.33. The molecule has 0 aliphatic carbocycles. The maximum atomic E-state index is 11.2. The summed E-state index contributed by atoms with van der Waals surface area (Å²) in [5.41, 5.74) is 8.21. The number of anilines is 2. The van der Waals surface area contributed by atoms with Crippen molar-refractivity contribution in [3.63, 3.8) is 0 Å². The summed E-state index contributed by atoms with van der Waals surface area (Å²) in [6.45, 7) is 1.80. The summed E-state index contributed by atoms with van der Waals surface area (Å²) in [5, 5.41) is 12.1. The zero-order valence-corrected chi connectivity index (χ0v) is 12.8. The quantitative estimate of drug-likeness (QED) is 0.790. The van der Waals surface area contributed by atoms with Gasteiger partial charge in [-0.2, -0.15) is 0 Å². The van der Waals surface area contributed by atoms with Crippen molar-refractivity contribution < 1.29 is 14.7 Å². The highest BCUT2D eigenvalue weighted by Gasteiger charge is 2.09. The number of nitrogens with one attached hydrogen (secondary N) is 1. The van der Waals surface area contributed by atoms with Crippen molar-refractivity contribution >= 4 is 39.2 Å². The lowest BCUT2D eigenvalue weighted by molar-refractivity contribution is 0.0696. The number of carboxylic acid groups (broad SMARTS) is 1. The molecule has 0 saturated heterocycles. The van der Waals surface area contributed by atoms with Crippen LogP contribution in [0.2, 0.25) is 0 Å². The van der Waals surface area contributed by atoms with Gasteiger partial charge in [0.15, 0.2) is 0 Å². The molecule has 2 rings (SSSR count). The molecule has 0 saturated carbocycles. The van der Waals surface area contributed by atoms with Crippen LogP contribution >= 0.6 is 15.9 Å². The van der Waals surface area contributed by atoms with Crippen LogP contribution in [0.4, 0.5) is 11.4 Å². The molecule has 0 radical (unpaired) electrons. The van der Waals surface area contributed by atoms with Gasteiger partial charge in [-0.15, -0.1) is 0 Å². The average molecular weight is 349 g/mol. The highest BCUT2D eigenvalue weighted by Crippen LogP contribution is 2.27. The summed E-state index contributed by atoms with van der Waals surface area (Å²) in [6, 6.07) is 9.90. The number of hydrogen-bond acceptors (Lipinski definition) is 3. The number of carboxylic acids is 1. The Hall–Kier alpha value is -2.34. The molecule has 0 atom stereocenters. The Kier molecular flexibility index (Phi) is 4.28. The van der Waals surface area contributed by atoms with Gasteiger partial charge < -0.3 is 16.2 Å². The molecule has 0 aromatic heterocycles. The maximum Gasteiger partial charge on any atom is 0.335 e. The van der Waals surface area contributed by atoms with Crippen molar-refractivity contribution in [2.75, 3.05) is 5.32 Å². The first-order valence-corrected chi connectivity index (χ1v) is 6.88. The molecule has 4 N–H and O–H groups in total. The molecule has 0 aliphatic rings. The summed E-state index contributed by atoms with van der Waals surface area (Å²) in [4.78, 5) is 22.1. The molecule has 0 spiro atoms. The number of benzene rings is 2. The Morgan fingerprint density at radius 3 is 2.43 bits per heavy atom. The molecule has 2 aromatic carbocycles. The second kappa shape index (κ2) is 5.97. The van der Waals surface area contributed by atoms with Gasteiger partial charge in [0.2, 0.25) is 5.91 Å². The van der Waals surface area contributed by atoms with Crippen molar-refractivity contribution in [3.8, 4) is 0 Å². The smallest absolute Gasteiger partial charge is 0.335 e. The Morgan fingerprint density at radius 1 is 1.19 bits per heavy atom. The second-order valence-electron chi connectivity index (χ2n) is 4.52. The minimum absolute atomic E-state index is 0.202. The van der Waals surface area contributed by atoms with Crippen molar-refractivity contribution in [3.05, 3.63) is 57.6 Å². The molecule has 2 aromatic rings. The number of aromatic carboxylic acids is 1. The minimum atomic E-state index is -0.982. The van der Waals surface area contributed by atoms with Crippen LogP contribution in [-0.2, 0) is 0 Å². The van der Waals surface area contributed by atoms with Crippen LogP contribution in [0.25, 0.3) is 0 Å². The Morgan fingerprint density at radius 2 is 1.90 bits per heavy atom. The van der Waals surface area contributed by atoms with Crippen LogP contribution in [0, 0.1) is 6.92 Å². The van der Waals surface area contributed by atoms with E-state index in [0.29, 0.717) is 10.0 Å². The first kappa shape index (κ1) is 15.1. The van der Waals surface area contributed by atoms with E-state index >= 15 is 0 Å². The van der Waals surface area contributed by atoms with Crippen molar-refractivity contribution in [1.82, 2.24) is 0 Å². The monoisotopic (exact) mass is 348 g/mol. The fourth-order valence-corrected chi connectivity index (χ4v) is 2.40. The van der Waals surface area contributed by atoms with Crippen LogP contribution in [-0.4, -0.2) is 17.0 Å². The predicted octanol–water partition coefficient (Wildman–Crippen LogP) is 3.30. The third kappa shape index (κ3) is 3.41. The number of primary amides is 1. The van der Waals surface area contributed by atoms with Gasteiger partial charge in [0.05, 0.1) is 11.3 Å². The van der Waals surface area contributed by atoms with Gasteiger partial charge in [0.25, 0.3) is 0 Å². The zero-order chi connectivity index (χ0) is 15.6. The summed E-state index contributed by atoms with van der Waals surface area (Å²) in [6.07, 6.45) is 0. The van der Waals surface area contributed by atoms with Gasteiger partial charge in [0.1, 0.15) is 0 Å². The number of carbonyl (C=O) groups is 2. The maximum absolute atomic E-state index is 11.2. The molecular weight excluding hydrogens is 336 g/mol. The molecule has 1 amide bonds. The van der Waals surface area contributed by atoms with Gasteiger partial charge in [-0.3, -0.25) is 4.79 Å².